The number of carbonyl (C=O) groups is 1. The molecule has 0 spiro atoms. The number of ether oxygens (including phenoxy) is 2. The molecule has 12 heteroatoms. The third-order valence-electron chi connectivity index (χ3n) is 9.11. The van der Waals surface area contributed by atoms with Crippen LogP contribution < -0.4 is 13.8 Å². The summed E-state index contributed by atoms with van der Waals surface area (Å²) in [7, 11) is -1.30. The predicted octanol–water partition coefficient (Wildman–Crippen LogP) is 5.37. The molecule has 0 radical (unpaired) electrons. The minimum Gasteiger partial charge on any atom is -0.497 e. The Hall–Kier alpha value is -3.90. The topological polar surface area (TPSA) is 105 Å². The molecule has 1 aromatic heterocycles. The number of anilines is 1. The number of hydrogen-bond donors (Lipinski definition) is 0. The Morgan fingerprint density at radius 3 is 2.47 bits per heavy atom. The predicted molar refractivity (Wildman–Crippen MR) is 168 cm³/mol. The third-order valence-corrected chi connectivity index (χ3v) is 11.1. The fraction of sp³-hybridized carbons (Fsp3) is 0.333. The molecule has 2 atom stereocenters. The second-order valence-electron chi connectivity index (χ2n) is 11.5. The van der Waals surface area contributed by atoms with Crippen LogP contribution in [0.4, 0.5) is 5.69 Å². The van der Waals surface area contributed by atoms with Crippen LogP contribution in [0.1, 0.15) is 47.9 Å². The molecule has 4 aromatic rings. The lowest BCUT2D eigenvalue weighted by atomic mass is 9.80. The van der Waals surface area contributed by atoms with Gasteiger partial charge in [-0.2, -0.15) is 0 Å². The molecular formula is C33H33ClN4O6S. The number of methoxy groups -OCH3 is 2. The summed E-state index contributed by atoms with van der Waals surface area (Å²) in [5, 5.41) is 0.372. The molecule has 0 aliphatic carbocycles. The van der Waals surface area contributed by atoms with Crippen molar-refractivity contribution in [2.45, 2.75) is 42.3 Å². The van der Waals surface area contributed by atoms with Crippen molar-refractivity contribution < 1.29 is 27.1 Å². The van der Waals surface area contributed by atoms with Crippen molar-refractivity contribution in [2.75, 3.05) is 38.2 Å². The summed E-state index contributed by atoms with van der Waals surface area (Å²) >= 11 is 6.66. The Morgan fingerprint density at radius 1 is 1.00 bits per heavy atom. The van der Waals surface area contributed by atoms with Gasteiger partial charge in [-0.05, 0) is 74.8 Å². The minimum atomic E-state index is -4.39. The van der Waals surface area contributed by atoms with E-state index in [-0.39, 0.29) is 10.6 Å². The molecule has 3 aromatic carbocycles. The smallest absolute Gasteiger partial charge is 0.271 e. The number of oxazole rings is 1. The van der Waals surface area contributed by atoms with Crippen molar-refractivity contribution >= 4 is 33.2 Å². The Balaban J connectivity index is 1.50. The van der Waals surface area contributed by atoms with Gasteiger partial charge in [-0.3, -0.25) is 14.6 Å². The summed E-state index contributed by atoms with van der Waals surface area (Å²) in [4.78, 5) is 24.2. The monoisotopic (exact) mass is 648 g/mol. The van der Waals surface area contributed by atoms with E-state index < -0.39 is 27.5 Å². The maximum Gasteiger partial charge on any atom is 0.271 e. The van der Waals surface area contributed by atoms with E-state index >= 15 is 4.79 Å². The van der Waals surface area contributed by atoms with Crippen LogP contribution in [0.25, 0.3) is 0 Å². The minimum absolute atomic E-state index is 0.0440. The zero-order valence-corrected chi connectivity index (χ0v) is 26.6. The number of para-hydroxylation sites is 1. The van der Waals surface area contributed by atoms with E-state index in [2.05, 4.69) is 9.88 Å². The number of rotatable bonds is 9. The van der Waals surface area contributed by atoms with Crippen molar-refractivity contribution in [3.8, 4) is 11.5 Å². The van der Waals surface area contributed by atoms with Gasteiger partial charge in [0.25, 0.3) is 15.9 Å². The van der Waals surface area contributed by atoms with Gasteiger partial charge >= 0.3 is 0 Å². The van der Waals surface area contributed by atoms with E-state index in [4.69, 9.17) is 25.5 Å². The Bertz CT molecular complexity index is 1850. The van der Waals surface area contributed by atoms with Gasteiger partial charge in [0.05, 0.1) is 37.0 Å². The molecule has 3 aliphatic heterocycles. The number of hydrogen-bond acceptors (Lipinski definition) is 9. The number of benzene rings is 3. The zero-order valence-electron chi connectivity index (χ0n) is 25.0. The lowest BCUT2D eigenvalue weighted by molar-refractivity contribution is -0.127. The summed E-state index contributed by atoms with van der Waals surface area (Å²) in [5.41, 5.74) is 0.505. The number of halogens is 1. The Labute approximate surface area is 267 Å². The lowest BCUT2D eigenvalue weighted by Crippen LogP contribution is -2.54. The van der Waals surface area contributed by atoms with E-state index in [0.717, 1.165) is 35.8 Å². The number of sulfonamides is 1. The maximum atomic E-state index is 15.4. The number of amides is 1. The molecular weight excluding hydrogens is 616 g/mol. The van der Waals surface area contributed by atoms with Gasteiger partial charge in [0.1, 0.15) is 17.8 Å². The lowest BCUT2D eigenvalue weighted by Gasteiger charge is -2.42. The summed E-state index contributed by atoms with van der Waals surface area (Å²) in [6.45, 7) is 3.06. The molecule has 4 heterocycles. The van der Waals surface area contributed by atoms with E-state index in [1.54, 1.807) is 43.6 Å². The fourth-order valence-corrected chi connectivity index (χ4v) is 8.60. The zero-order chi connectivity index (χ0) is 31.3. The van der Waals surface area contributed by atoms with Crippen LogP contribution in [-0.4, -0.2) is 63.0 Å². The van der Waals surface area contributed by atoms with Gasteiger partial charge in [-0.15, -0.1) is 0 Å². The molecule has 234 valence electrons. The summed E-state index contributed by atoms with van der Waals surface area (Å²) in [6, 6.07) is 16.3. The maximum absolute atomic E-state index is 15.4. The first kappa shape index (κ1) is 29.8. The highest BCUT2D eigenvalue weighted by molar-refractivity contribution is 7.93. The van der Waals surface area contributed by atoms with Crippen LogP contribution in [-0.2, 0) is 26.9 Å². The van der Waals surface area contributed by atoms with E-state index in [1.807, 2.05) is 23.1 Å². The van der Waals surface area contributed by atoms with Gasteiger partial charge in [0.15, 0.2) is 5.54 Å². The van der Waals surface area contributed by atoms with Crippen molar-refractivity contribution in [1.82, 2.24) is 14.8 Å². The number of aromatic nitrogens is 1. The molecule has 7 rings (SSSR count). The first-order valence-corrected chi connectivity index (χ1v) is 16.7. The number of carbonyl (C=O) groups excluding carboxylic acids is 1. The quantitative estimate of drug-likeness (QED) is 0.237. The fourth-order valence-electron chi connectivity index (χ4n) is 6.97. The molecule has 1 amide bonds. The normalized spacial score (nSPS) is 22.0. The molecule has 0 bridgehead atoms. The highest BCUT2D eigenvalue weighted by atomic mass is 35.5. The van der Waals surface area contributed by atoms with Crippen molar-refractivity contribution in [3.63, 3.8) is 0 Å². The standard InChI is InChI=1S/C33H33ClN4O6S/c1-42-24-10-12-25(13-11-24)45(40,41)38-28-14-9-23(34)20-27(28)33(32(38)39,37-18-4-8-29(37)31-35-15-19-44-31)26-7-3-6-22(30(26)43-2)21-36-16-5-17-36/h3,6-7,9-15,19-20,29H,4-5,8,16-18,21H2,1-2H3/t29-,33?/m0/s1. The molecule has 10 nitrogen and oxygen atoms in total. The van der Waals surface area contributed by atoms with Gasteiger partial charge < -0.3 is 13.9 Å². The number of fused-ring (bicyclic) bond motifs is 1. The van der Waals surface area contributed by atoms with Crippen LogP contribution in [0.15, 0.2) is 82.4 Å². The molecule has 0 N–H and O–H groups in total. The van der Waals surface area contributed by atoms with Gasteiger partial charge in [0.2, 0.25) is 5.89 Å². The third kappa shape index (κ3) is 4.63. The summed E-state index contributed by atoms with van der Waals surface area (Å²) in [5.74, 6) is 0.840. The Morgan fingerprint density at radius 2 is 1.80 bits per heavy atom. The van der Waals surface area contributed by atoms with Gasteiger partial charge in [-0.1, -0.05) is 29.8 Å². The Kier molecular flexibility index (Phi) is 7.60. The first-order valence-electron chi connectivity index (χ1n) is 14.9. The molecule has 2 fully saturated rings. The molecule has 1 unspecified atom stereocenters. The van der Waals surface area contributed by atoms with Crippen LogP contribution >= 0.6 is 11.6 Å². The average Bonchev–Trinajstić information content (AvgIpc) is 3.78. The highest BCUT2D eigenvalue weighted by Gasteiger charge is 2.63. The molecule has 45 heavy (non-hydrogen) atoms. The van der Waals surface area contributed by atoms with Crippen LogP contribution in [0.2, 0.25) is 5.02 Å². The molecule has 2 saturated heterocycles. The average molecular weight is 649 g/mol. The first-order chi connectivity index (χ1) is 21.8. The van der Waals surface area contributed by atoms with Crippen molar-refractivity contribution in [1.29, 1.82) is 0 Å². The van der Waals surface area contributed by atoms with Crippen LogP contribution in [0.3, 0.4) is 0 Å². The second-order valence-corrected chi connectivity index (χ2v) is 13.7. The van der Waals surface area contributed by atoms with E-state index in [9.17, 15) is 8.42 Å². The van der Waals surface area contributed by atoms with Gasteiger partial charge in [0, 0.05) is 34.8 Å². The molecule has 3 aliphatic rings. The van der Waals surface area contributed by atoms with Crippen LogP contribution in [0, 0.1) is 0 Å². The summed E-state index contributed by atoms with van der Waals surface area (Å²) < 4.78 is 47.1. The SMILES string of the molecule is COc1ccc(S(=O)(=O)N2C(=O)C(c3cccc(CN4CCC4)c3OC)(N3CCC[C@H]3c3ncco3)c3cc(Cl)ccc32)cc1. The number of nitrogens with zero attached hydrogens (tertiary/aromatic N) is 4. The highest BCUT2D eigenvalue weighted by Crippen LogP contribution is 2.57. The van der Waals surface area contributed by atoms with Crippen molar-refractivity contribution in [2.24, 2.45) is 0 Å². The van der Waals surface area contributed by atoms with E-state index in [0.29, 0.717) is 53.0 Å². The van der Waals surface area contributed by atoms with Crippen molar-refractivity contribution in [3.05, 3.63) is 101 Å². The number of likely N-dealkylation sites (tertiary alicyclic amines) is 2. The largest absolute Gasteiger partial charge is 0.497 e. The molecule has 0 saturated carbocycles. The van der Waals surface area contributed by atoms with Crippen LogP contribution in [0.5, 0.6) is 11.5 Å². The second kappa shape index (κ2) is 11.5. The summed E-state index contributed by atoms with van der Waals surface area (Å²) in [6.07, 6.45) is 5.61. The van der Waals surface area contributed by atoms with E-state index in [1.165, 1.54) is 25.5 Å². The van der Waals surface area contributed by atoms with Gasteiger partial charge in [-0.25, -0.2) is 17.7 Å².